The Labute approximate surface area is 173 Å². The number of fused-ring (bicyclic) bond motifs is 1. The molecule has 2 aliphatic rings. The Hall–Kier alpha value is -2.39. The van der Waals surface area contributed by atoms with Gasteiger partial charge in [-0.3, -0.25) is 14.7 Å². The topological polar surface area (TPSA) is 55.5 Å². The highest BCUT2D eigenvalue weighted by Crippen LogP contribution is 2.30. The van der Waals surface area contributed by atoms with Gasteiger partial charge in [0.15, 0.2) is 0 Å². The van der Waals surface area contributed by atoms with E-state index < -0.39 is 11.7 Å². The number of nitrogens with zero attached hydrogens (tertiary/aromatic N) is 4. The average Bonchev–Trinajstić information content (AvgIpc) is 2.91. The Kier molecular flexibility index (Phi) is 5.84. The highest BCUT2D eigenvalue weighted by atomic mass is 19.4. The minimum Gasteiger partial charge on any atom is -0.340 e. The SMILES string of the molecule is CN1CCN(c2nc3c(c(=O)[nH]2)CCN(Cc2cccc(C(F)(F)F)c2)CC3)CC1. The Morgan fingerprint density at radius 2 is 1.80 bits per heavy atom. The summed E-state index contributed by atoms with van der Waals surface area (Å²) in [5.41, 5.74) is 1.39. The second-order valence-electron chi connectivity index (χ2n) is 8.08. The number of halogens is 3. The van der Waals surface area contributed by atoms with E-state index >= 15 is 0 Å². The average molecular weight is 421 g/mol. The predicted octanol–water partition coefficient (Wildman–Crippen LogP) is 2.14. The number of piperazine rings is 1. The summed E-state index contributed by atoms with van der Waals surface area (Å²) in [7, 11) is 2.07. The zero-order valence-corrected chi connectivity index (χ0v) is 17.0. The van der Waals surface area contributed by atoms with E-state index in [2.05, 4.69) is 26.7 Å². The molecule has 6 nitrogen and oxygen atoms in total. The third kappa shape index (κ3) is 4.67. The van der Waals surface area contributed by atoms with E-state index in [1.165, 1.54) is 12.1 Å². The van der Waals surface area contributed by atoms with Crippen LogP contribution in [0.1, 0.15) is 22.4 Å². The van der Waals surface area contributed by atoms with E-state index in [1.54, 1.807) is 6.07 Å². The molecule has 0 radical (unpaired) electrons. The van der Waals surface area contributed by atoms with Gasteiger partial charge in [-0.25, -0.2) is 4.98 Å². The van der Waals surface area contributed by atoms with Crippen LogP contribution in [0.2, 0.25) is 0 Å². The smallest absolute Gasteiger partial charge is 0.340 e. The van der Waals surface area contributed by atoms with Gasteiger partial charge in [-0.05, 0) is 25.1 Å². The Balaban J connectivity index is 1.47. The van der Waals surface area contributed by atoms with E-state index in [9.17, 15) is 18.0 Å². The van der Waals surface area contributed by atoms with Crippen molar-refractivity contribution in [2.75, 3.05) is 51.2 Å². The van der Waals surface area contributed by atoms with Crippen LogP contribution in [0.5, 0.6) is 0 Å². The summed E-state index contributed by atoms with van der Waals surface area (Å²) in [5, 5.41) is 0. The van der Waals surface area contributed by atoms with E-state index in [0.29, 0.717) is 49.6 Å². The number of hydrogen-bond acceptors (Lipinski definition) is 5. The van der Waals surface area contributed by atoms with Crippen molar-refractivity contribution in [3.05, 3.63) is 57.0 Å². The summed E-state index contributed by atoms with van der Waals surface area (Å²) < 4.78 is 38.9. The van der Waals surface area contributed by atoms with Crippen molar-refractivity contribution in [2.45, 2.75) is 25.6 Å². The van der Waals surface area contributed by atoms with Crippen LogP contribution in [-0.4, -0.2) is 66.1 Å². The lowest BCUT2D eigenvalue weighted by molar-refractivity contribution is -0.137. The van der Waals surface area contributed by atoms with Crippen molar-refractivity contribution >= 4 is 5.95 Å². The molecule has 3 heterocycles. The van der Waals surface area contributed by atoms with Crippen LogP contribution in [-0.2, 0) is 25.6 Å². The van der Waals surface area contributed by atoms with Gasteiger partial charge in [-0.15, -0.1) is 0 Å². The van der Waals surface area contributed by atoms with Gasteiger partial charge >= 0.3 is 6.18 Å². The van der Waals surface area contributed by atoms with Gasteiger partial charge in [0.25, 0.3) is 5.56 Å². The zero-order chi connectivity index (χ0) is 21.3. The zero-order valence-electron chi connectivity index (χ0n) is 17.0. The maximum absolute atomic E-state index is 13.0. The lowest BCUT2D eigenvalue weighted by Crippen LogP contribution is -2.45. The number of aromatic amines is 1. The molecule has 9 heteroatoms. The predicted molar refractivity (Wildman–Crippen MR) is 109 cm³/mol. The molecule has 0 bridgehead atoms. The highest BCUT2D eigenvalue weighted by Gasteiger charge is 2.30. The number of aromatic nitrogens is 2. The lowest BCUT2D eigenvalue weighted by atomic mass is 10.1. The molecule has 4 rings (SSSR count). The summed E-state index contributed by atoms with van der Waals surface area (Å²) in [4.78, 5) is 26.8. The van der Waals surface area contributed by atoms with Crippen LogP contribution in [0.25, 0.3) is 0 Å². The summed E-state index contributed by atoms with van der Waals surface area (Å²) in [6.07, 6.45) is -3.19. The highest BCUT2D eigenvalue weighted by molar-refractivity contribution is 5.35. The van der Waals surface area contributed by atoms with Gasteiger partial charge in [-0.2, -0.15) is 13.2 Å². The van der Waals surface area contributed by atoms with Gasteiger partial charge in [0.1, 0.15) is 0 Å². The molecule has 1 fully saturated rings. The second-order valence-corrected chi connectivity index (χ2v) is 8.08. The minimum absolute atomic E-state index is 0.102. The van der Waals surface area contributed by atoms with Crippen molar-refractivity contribution in [3.63, 3.8) is 0 Å². The lowest BCUT2D eigenvalue weighted by Gasteiger charge is -2.32. The number of rotatable bonds is 3. The first kappa shape index (κ1) is 20.9. The molecule has 162 valence electrons. The maximum Gasteiger partial charge on any atom is 0.416 e. The minimum atomic E-state index is -4.35. The molecule has 1 aromatic carbocycles. The number of H-pyrrole nitrogens is 1. The number of alkyl halides is 3. The Morgan fingerprint density at radius 3 is 2.53 bits per heavy atom. The molecule has 2 aliphatic heterocycles. The molecule has 0 atom stereocenters. The van der Waals surface area contributed by atoms with Crippen molar-refractivity contribution in [3.8, 4) is 0 Å². The fraction of sp³-hybridized carbons (Fsp3) is 0.524. The summed E-state index contributed by atoms with van der Waals surface area (Å²) in [6, 6.07) is 5.45. The van der Waals surface area contributed by atoms with Crippen LogP contribution in [0.3, 0.4) is 0 Å². The number of anilines is 1. The molecule has 0 saturated carbocycles. The van der Waals surface area contributed by atoms with Crippen LogP contribution in [0.4, 0.5) is 19.1 Å². The van der Waals surface area contributed by atoms with Crippen LogP contribution in [0.15, 0.2) is 29.1 Å². The van der Waals surface area contributed by atoms with E-state index in [-0.39, 0.29) is 5.56 Å². The van der Waals surface area contributed by atoms with Gasteiger partial charge in [0.2, 0.25) is 5.95 Å². The fourth-order valence-electron chi connectivity index (χ4n) is 4.07. The molecular formula is C21H26F3N5O. The second kappa shape index (κ2) is 8.39. The van der Waals surface area contributed by atoms with E-state index in [0.717, 1.165) is 37.9 Å². The third-order valence-electron chi connectivity index (χ3n) is 5.89. The number of hydrogen-bond donors (Lipinski definition) is 1. The van der Waals surface area contributed by atoms with Crippen molar-refractivity contribution < 1.29 is 13.2 Å². The van der Waals surface area contributed by atoms with Crippen LogP contribution in [0, 0.1) is 0 Å². The summed E-state index contributed by atoms with van der Waals surface area (Å²) in [6.45, 7) is 5.17. The van der Waals surface area contributed by atoms with Crippen LogP contribution < -0.4 is 10.5 Å². The summed E-state index contributed by atoms with van der Waals surface area (Å²) >= 11 is 0. The van der Waals surface area contributed by atoms with Gasteiger partial charge in [-0.1, -0.05) is 18.2 Å². The molecule has 0 spiro atoms. The molecule has 0 amide bonds. The largest absolute Gasteiger partial charge is 0.416 e. The van der Waals surface area contributed by atoms with Crippen molar-refractivity contribution in [1.29, 1.82) is 0 Å². The maximum atomic E-state index is 13.0. The monoisotopic (exact) mass is 421 g/mol. The van der Waals surface area contributed by atoms with Crippen LogP contribution >= 0.6 is 0 Å². The first-order valence-electron chi connectivity index (χ1n) is 10.2. The molecule has 1 N–H and O–H groups in total. The number of likely N-dealkylation sites (N-methyl/N-ethyl adjacent to an activating group) is 1. The quantitative estimate of drug-likeness (QED) is 0.823. The summed E-state index contributed by atoms with van der Waals surface area (Å²) in [5.74, 6) is 0.623. The normalized spacial score (nSPS) is 18.9. The van der Waals surface area contributed by atoms with Crippen molar-refractivity contribution in [2.24, 2.45) is 0 Å². The standard InChI is InChI=1S/C21H26F3N5O/c1-27-9-11-29(12-10-27)20-25-18-6-8-28(7-5-17(18)19(30)26-20)14-15-3-2-4-16(13-15)21(22,23)24/h2-4,13H,5-12,14H2,1H3,(H,25,26,30). The number of nitrogens with one attached hydrogen (secondary N) is 1. The Bertz CT molecular complexity index is 950. The van der Waals surface area contributed by atoms with Crippen molar-refractivity contribution in [1.82, 2.24) is 19.8 Å². The Morgan fingerprint density at radius 1 is 1.07 bits per heavy atom. The molecule has 0 aliphatic carbocycles. The van der Waals surface area contributed by atoms with Gasteiger partial charge in [0.05, 0.1) is 11.3 Å². The first-order valence-corrected chi connectivity index (χ1v) is 10.2. The third-order valence-corrected chi connectivity index (χ3v) is 5.89. The van der Waals surface area contributed by atoms with E-state index in [4.69, 9.17) is 4.98 Å². The van der Waals surface area contributed by atoms with Gasteiger partial charge < -0.3 is 9.80 Å². The molecule has 1 aromatic heterocycles. The van der Waals surface area contributed by atoms with E-state index in [1.807, 2.05) is 0 Å². The molecular weight excluding hydrogens is 395 g/mol. The molecule has 2 aromatic rings. The molecule has 1 saturated heterocycles. The van der Waals surface area contributed by atoms with Gasteiger partial charge in [0, 0.05) is 57.8 Å². The fourth-order valence-corrected chi connectivity index (χ4v) is 4.07. The molecule has 0 unspecified atom stereocenters. The molecule has 30 heavy (non-hydrogen) atoms. The number of benzene rings is 1. The first-order chi connectivity index (χ1) is 14.3.